The summed E-state index contributed by atoms with van der Waals surface area (Å²) in [5, 5.41) is 10.8. The Hall–Kier alpha value is -2.88. The lowest BCUT2D eigenvalue weighted by Crippen LogP contribution is -1.90. The van der Waals surface area contributed by atoms with Gasteiger partial charge in [-0.1, -0.05) is 24.3 Å². The monoisotopic (exact) mass is 261 g/mol. The summed E-state index contributed by atoms with van der Waals surface area (Å²) in [6.45, 7) is 0. The fourth-order valence-corrected chi connectivity index (χ4v) is 2.40. The lowest BCUT2D eigenvalue weighted by Gasteiger charge is -2.04. The number of rotatable bonds is 1. The Morgan fingerprint density at radius 3 is 2.85 bits per heavy atom. The Kier molecular flexibility index (Phi) is 2.23. The average Bonchev–Trinajstić information content (AvgIpc) is 2.91. The van der Waals surface area contributed by atoms with E-state index < -0.39 is 0 Å². The van der Waals surface area contributed by atoms with Crippen LogP contribution in [0.5, 0.6) is 5.75 Å². The van der Waals surface area contributed by atoms with Gasteiger partial charge in [0.25, 0.3) is 0 Å². The molecule has 4 heteroatoms. The van der Waals surface area contributed by atoms with Crippen LogP contribution in [0.3, 0.4) is 0 Å². The highest BCUT2D eigenvalue weighted by Crippen LogP contribution is 2.26. The van der Waals surface area contributed by atoms with Crippen LogP contribution in [-0.2, 0) is 0 Å². The number of pyridine rings is 2. The zero-order valence-electron chi connectivity index (χ0n) is 10.6. The van der Waals surface area contributed by atoms with Gasteiger partial charge in [0.2, 0.25) is 0 Å². The third kappa shape index (κ3) is 1.55. The number of aromatic hydroxyl groups is 1. The van der Waals surface area contributed by atoms with Crippen LogP contribution >= 0.6 is 0 Å². The molecule has 0 spiro atoms. The molecule has 96 valence electrons. The van der Waals surface area contributed by atoms with E-state index in [4.69, 9.17) is 0 Å². The molecule has 3 aromatic heterocycles. The van der Waals surface area contributed by atoms with Crippen molar-refractivity contribution in [1.82, 2.24) is 14.4 Å². The van der Waals surface area contributed by atoms with E-state index in [0.717, 1.165) is 22.4 Å². The van der Waals surface area contributed by atoms with E-state index in [0.29, 0.717) is 5.52 Å². The number of phenolic OH excluding ortho intramolecular Hbond substituents is 1. The van der Waals surface area contributed by atoms with Gasteiger partial charge in [-0.3, -0.25) is 4.40 Å². The molecule has 1 N–H and O–H groups in total. The van der Waals surface area contributed by atoms with Crippen molar-refractivity contribution < 1.29 is 5.11 Å². The van der Waals surface area contributed by atoms with Crippen LogP contribution < -0.4 is 0 Å². The van der Waals surface area contributed by atoms with Gasteiger partial charge in [-0.25, -0.2) is 9.97 Å². The van der Waals surface area contributed by atoms with Gasteiger partial charge in [0.1, 0.15) is 16.9 Å². The van der Waals surface area contributed by atoms with Gasteiger partial charge < -0.3 is 5.11 Å². The molecule has 0 bridgehead atoms. The van der Waals surface area contributed by atoms with E-state index in [1.165, 1.54) is 0 Å². The third-order valence-electron chi connectivity index (χ3n) is 3.38. The summed E-state index contributed by atoms with van der Waals surface area (Å²) in [6.07, 6.45) is 3.75. The number of phenols is 1. The van der Waals surface area contributed by atoms with Gasteiger partial charge in [-0.05, 0) is 24.3 Å². The molecule has 0 aliphatic rings. The van der Waals surface area contributed by atoms with Crippen molar-refractivity contribution in [3.63, 3.8) is 0 Å². The number of hydrogen-bond acceptors (Lipinski definition) is 3. The fourth-order valence-electron chi connectivity index (χ4n) is 2.40. The molecule has 20 heavy (non-hydrogen) atoms. The minimum absolute atomic E-state index is 0.193. The van der Waals surface area contributed by atoms with Crippen LogP contribution in [0.1, 0.15) is 0 Å². The summed E-state index contributed by atoms with van der Waals surface area (Å²) in [4.78, 5) is 8.91. The number of hydrogen-bond donors (Lipinski definition) is 1. The Labute approximate surface area is 115 Å². The van der Waals surface area contributed by atoms with Crippen molar-refractivity contribution in [3.8, 4) is 17.1 Å². The van der Waals surface area contributed by atoms with Crippen LogP contribution in [-0.4, -0.2) is 19.5 Å². The van der Waals surface area contributed by atoms with Crippen molar-refractivity contribution in [2.24, 2.45) is 0 Å². The van der Waals surface area contributed by atoms with Crippen molar-refractivity contribution in [1.29, 1.82) is 0 Å². The van der Waals surface area contributed by atoms with Crippen molar-refractivity contribution in [3.05, 3.63) is 60.9 Å². The minimum Gasteiger partial charge on any atom is -0.506 e. The first-order valence-electron chi connectivity index (χ1n) is 6.34. The first-order chi connectivity index (χ1) is 9.83. The van der Waals surface area contributed by atoms with Crippen LogP contribution in [0.4, 0.5) is 0 Å². The molecule has 4 rings (SSSR count). The largest absolute Gasteiger partial charge is 0.506 e. The zero-order valence-corrected chi connectivity index (χ0v) is 10.6. The highest BCUT2D eigenvalue weighted by atomic mass is 16.3. The van der Waals surface area contributed by atoms with E-state index in [2.05, 4.69) is 9.97 Å². The molecule has 0 aliphatic carbocycles. The molecule has 0 saturated heterocycles. The Morgan fingerprint density at radius 2 is 1.90 bits per heavy atom. The van der Waals surface area contributed by atoms with Gasteiger partial charge in [-0.2, -0.15) is 0 Å². The lowest BCUT2D eigenvalue weighted by molar-refractivity contribution is 0.480. The molecule has 4 aromatic rings. The molecule has 0 unspecified atom stereocenters. The van der Waals surface area contributed by atoms with E-state index in [9.17, 15) is 5.11 Å². The predicted octanol–water partition coefficient (Wildman–Crippen LogP) is 3.26. The second-order valence-corrected chi connectivity index (χ2v) is 4.62. The second-order valence-electron chi connectivity index (χ2n) is 4.62. The van der Waals surface area contributed by atoms with E-state index >= 15 is 0 Å². The summed E-state index contributed by atoms with van der Waals surface area (Å²) in [6, 6.07) is 15.1. The van der Waals surface area contributed by atoms with E-state index in [-0.39, 0.29) is 5.75 Å². The number of para-hydroxylation sites is 1. The van der Waals surface area contributed by atoms with Crippen LogP contribution in [0.15, 0.2) is 60.9 Å². The number of aromatic nitrogens is 3. The van der Waals surface area contributed by atoms with Crippen molar-refractivity contribution in [2.75, 3.05) is 0 Å². The molecule has 4 nitrogen and oxygen atoms in total. The highest BCUT2D eigenvalue weighted by molar-refractivity contribution is 5.86. The standard InChI is InChI=1S/C16H11N3O/c20-14-5-3-4-11-7-8-12(18-16(11)14)13-10-17-15-6-1-2-9-19(13)15/h1-10,20H. The summed E-state index contributed by atoms with van der Waals surface area (Å²) < 4.78 is 1.98. The SMILES string of the molecule is Oc1cccc2ccc(-c3cnc4ccccn34)nc12. The van der Waals surface area contributed by atoms with Crippen LogP contribution in [0.2, 0.25) is 0 Å². The number of nitrogens with zero attached hydrogens (tertiary/aromatic N) is 3. The second kappa shape index (κ2) is 4.06. The zero-order chi connectivity index (χ0) is 13.5. The number of benzene rings is 1. The summed E-state index contributed by atoms with van der Waals surface area (Å²) >= 11 is 0. The molecule has 3 heterocycles. The number of fused-ring (bicyclic) bond motifs is 2. The smallest absolute Gasteiger partial charge is 0.141 e. The topological polar surface area (TPSA) is 50.4 Å². The Morgan fingerprint density at radius 1 is 0.950 bits per heavy atom. The van der Waals surface area contributed by atoms with Crippen LogP contribution in [0.25, 0.3) is 27.9 Å². The molecule has 0 aliphatic heterocycles. The molecule has 0 amide bonds. The molecule has 0 atom stereocenters. The summed E-state index contributed by atoms with van der Waals surface area (Å²) in [5.74, 6) is 0.193. The normalized spacial score (nSPS) is 11.2. The molecule has 1 aromatic carbocycles. The highest BCUT2D eigenvalue weighted by Gasteiger charge is 2.08. The van der Waals surface area contributed by atoms with E-state index in [1.807, 2.05) is 53.1 Å². The molecular formula is C16H11N3O. The van der Waals surface area contributed by atoms with Gasteiger partial charge in [0.05, 0.1) is 17.6 Å². The summed E-state index contributed by atoms with van der Waals surface area (Å²) in [5.41, 5.74) is 3.18. The van der Waals surface area contributed by atoms with Crippen molar-refractivity contribution >= 4 is 16.6 Å². The first kappa shape index (κ1) is 11.0. The predicted molar refractivity (Wildman–Crippen MR) is 77.6 cm³/mol. The minimum atomic E-state index is 0.193. The molecular weight excluding hydrogens is 250 g/mol. The van der Waals surface area contributed by atoms with Gasteiger partial charge >= 0.3 is 0 Å². The van der Waals surface area contributed by atoms with Gasteiger partial charge in [-0.15, -0.1) is 0 Å². The van der Waals surface area contributed by atoms with Gasteiger partial charge in [0.15, 0.2) is 0 Å². The molecule has 0 radical (unpaired) electrons. The first-order valence-corrected chi connectivity index (χ1v) is 6.34. The third-order valence-corrected chi connectivity index (χ3v) is 3.38. The molecule has 0 fully saturated rings. The maximum atomic E-state index is 9.92. The molecule has 0 saturated carbocycles. The maximum absolute atomic E-state index is 9.92. The Bertz CT molecular complexity index is 927. The van der Waals surface area contributed by atoms with Crippen molar-refractivity contribution in [2.45, 2.75) is 0 Å². The Balaban J connectivity index is 2.00. The van der Waals surface area contributed by atoms with Gasteiger partial charge in [0, 0.05) is 11.6 Å². The lowest BCUT2D eigenvalue weighted by atomic mass is 10.1. The van der Waals surface area contributed by atoms with E-state index in [1.54, 1.807) is 12.3 Å². The average molecular weight is 261 g/mol. The van der Waals surface area contributed by atoms with Crippen LogP contribution in [0, 0.1) is 0 Å². The fraction of sp³-hybridized carbons (Fsp3) is 0. The quantitative estimate of drug-likeness (QED) is 0.572. The number of imidazole rings is 1. The maximum Gasteiger partial charge on any atom is 0.141 e. The summed E-state index contributed by atoms with van der Waals surface area (Å²) in [7, 11) is 0.